The van der Waals surface area contributed by atoms with E-state index in [1.165, 1.54) is 27.5 Å². The van der Waals surface area contributed by atoms with Crippen molar-refractivity contribution >= 4 is 35.1 Å². The Labute approximate surface area is 135 Å². The number of nitrogens with zero attached hydrogens (tertiary/aromatic N) is 5. The highest BCUT2D eigenvalue weighted by atomic mass is 35.5. The number of hydrogen-bond acceptors (Lipinski definition) is 4. The van der Waals surface area contributed by atoms with Crippen LogP contribution in [0.3, 0.4) is 0 Å². The summed E-state index contributed by atoms with van der Waals surface area (Å²) in [5.41, 5.74) is 0.109. The second kappa shape index (κ2) is 5.98. The Morgan fingerprint density at radius 3 is 2.45 bits per heavy atom. The number of halogens is 2. The standard InChI is InChI=1S/C12H13Cl2N5O3/c1-17(5-7-8(13)10(14)19(3)15-7)11(20)9-6(12(21)22)4-18(2)16-9/h4H,5H2,1-3H3,(H,21,22). The molecule has 10 heteroatoms. The molecule has 0 spiro atoms. The first-order chi connectivity index (χ1) is 10.2. The molecule has 1 amide bonds. The molecular formula is C12H13Cl2N5O3. The smallest absolute Gasteiger partial charge is 0.339 e. The van der Waals surface area contributed by atoms with E-state index in [2.05, 4.69) is 10.2 Å². The third-order valence-electron chi connectivity index (χ3n) is 2.98. The molecule has 2 rings (SSSR count). The molecule has 0 bridgehead atoms. The normalized spacial score (nSPS) is 10.8. The van der Waals surface area contributed by atoms with Gasteiger partial charge in [0.2, 0.25) is 0 Å². The molecule has 2 heterocycles. The number of hydrogen-bond donors (Lipinski definition) is 1. The lowest BCUT2D eigenvalue weighted by Gasteiger charge is -2.15. The molecule has 0 unspecified atom stereocenters. The molecular weight excluding hydrogens is 333 g/mol. The number of aryl methyl sites for hydroxylation is 2. The molecule has 0 aromatic carbocycles. The molecule has 118 valence electrons. The minimum Gasteiger partial charge on any atom is -0.478 e. The summed E-state index contributed by atoms with van der Waals surface area (Å²) >= 11 is 11.9. The van der Waals surface area contributed by atoms with Crippen LogP contribution in [0.15, 0.2) is 6.20 Å². The molecule has 2 aromatic heterocycles. The van der Waals surface area contributed by atoms with E-state index in [0.717, 1.165) is 0 Å². The van der Waals surface area contributed by atoms with Crippen LogP contribution in [0.2, 0.25) is 10.2 Å². The van der Waals surface area contributed by atoms with Crippen molar-refractivity contribution in [1.82, 2.24) is 24.5 Å². The van der Waals surface area contributed by atoms with Crippen LogP contribution in [0, 0.1) is 0 Å². The molecule has 0 atom stereocenters. The number of carbonyl (C=O) groups is 2. The number of carboxylic acids is 1. The van der Waals surface area contributed by atoms with Crippen molar-refractivity contribution in [1.29, 1.82) is 0 Å². The zero-order chi connectivity index (χ0) is 16.6. The van der Waals surface area contributed by atoms with Gasteiger partial charge in [-0.3, -0.25) is 14.2 Å². The summed E-state index contributed by atoms with van der Waals surface area (Å²) in [6, 6.07) is 0. The van der Waals surface area contributed by atoms with E-state index < -0.39 is 11.9 Å². The van der Waals surface area contributed by atoms with Gasteiger partial charge < -0.3 is 10.0 Å². The highest BCUT2D eigenvalue weighted by Crippen LogP contribution is 2.25. The van der Waals surface area contributed by atoms with Crippen molar-refractivity contribution in [2.45, 2.75) is 6.54 Å². The molecule has 1 N–H and O–H groups in total. The van der Waals surface area contributed by atoms with Crippen LogP contribution in [0.25, 0.3) is 0 Å². The molecule has 0 fully saturated rings. The van der Waals surface area contributed by atoms with Crippen LogP contribution in [-0.2, 0) is 20.6 Å². The van der Waals surface area contributed by atoms with Crippen molar-refractivity contribution in [3.63, 3.8) is 0 Å². The van der Waals surface area contributed by atoms with E-state index >= 15 is 0 Å². The fourth-order valence-corrected chi connectivity index (χ4v) is 2.28. The Morgan fingerprint density at radius 1 is 1.32 bits per heavy atom. The summed E-state index contributed by atoms with van der Waals surface area (Å²) in [4.78, 5) is 24.8. The molecule has 2 aromatic rings. The molecule has 22 heavy (non-hydrogen) atoms. The Hall–Kier alpha value is -2.06. The number of aromatic nitrogens is 4. The van der Waals surface area contributed by atoms with E-state index in [-0.39, 0.29) is 28.0 Å². The van der Waals surface area contributed by atoms with Crippen LogP contribution in [-0.4, -0.2) is 48.5 Å². The highest BCUT2D eigenvalue weighted by molar-refractivity contribution is 6.41. The summed E-state index contributed by atoms with van der Waals surface area (Å²) in [7, 11) is 4.67. The highest BCUT2D eigenvalue weighted by Gasteiger charge is 2.25. The Morgan fingerprint density at radius 2 is 1.95 bits per heavy atom. The van der Waals surface area contributed by atoms with Gasteiger partial charge in [0.25, 0.3) is 5.91 Å². The van der Waals surface area contributed by atoms with Crippen molar-refractivity contribution in [2.24, 2.45) is 14.1 Å². The SMILES string of the molecule is CN(Cc1nn(C)c(Cl)c1Cl)C(=O)c1nn(C)cc1C(=O)O. The lowest BCUT2D eigenvalue weighted by molar-refractivity contribution is 0.0679. The van der Waals surface area contributed by atoms with E-state index in [4.69, 9.17) is 28.3 Å². The fourth-order valence-electron chi connectivity index (χ4n) is 1.91. The summed E-state index contributed by atoms with van der Waals surface area (Å²) in [6.45, 7) is 0.0772. The Bertz CT molecular complexity index is 752. The summed E-state index contributed by atoms with van der Waals surface area (Å²) in [6.07, 6.45) is 1.27. The van der Waals surface area contributed by atoms with Gasteiger partial charge in [-0.05, 0) is 0 Å². The Kier molecular flexibility index (Phi) is 4.43. The van der Waals surface area contributed by atoms with Gasteiger partial charge in [-0.1, -0.05) is 23.2 Å². The second-order valence-corrected chi connectivity index (χ2v) is 5.44. The predicted octanol–water partition coefficient (Wildman–Crippen LogP) is 1.43. The monoisotopic (exact) mass is 345 g/mol. The third-order valence-corrected chi connectivity index (χ3v) is 3.91. The first-order valence-electron chi connectivity index (χ1n) is 6.11. The molecule has 8 nitrogen and oxygen atoms in total. The number of amides is 1. The van der Waals surface area contributed by atoms with Gasteiger partial charge in [-0.25, -0.2) is 4.79 Å². The first kappa shape index (κ1) is 16.3. The van der Waals surface area contributed by atoms with Gasteiger partial charge in [0, 0.05) is 27.3 Å². The minimum atomic E-state index is -1.22. The molecule has 0 radical (unpaired) electrons. The van der Waals surface area contributed by atoms with Gasteiger partial charge in [0.1, 0.15) is 21.4 Å². The van der Waals surface area contributed by atoms with Crippen molar-refractivity contribution < 1.29 is 14.7 Å². The van der Waals surface area contributed by atoms with Crippen LogP contribution in [0.4, 0.5) is 0 Å². The van der Waals surface area contributed by atoms with Crippen LogP contribution in [0.5, 0.6) is 0 Å². The maximum atomic E-state index is 12.4. The number of carboxylic acid groups (broad SMARTS) is 1. The maximum absolute atomic E-state index is 12.4. The zero-order valence-corrected chi connectivity index (χ0v) is 13.6. The average Bonchev–Trinajstić information content (AvgIpc) is 2.95. The largest absolute Gasteiger partial charge is 0.478 e. The molecule has 0 aliphatic rings. The van der Waals surface area contributed by atoms with E-state index in [1.54, 1.807) is 14.1 Å². The molecule has 0 saturated carbocycles. The quantitative estimate of drug-likeness (QED) is 0.904. The minimum absolute atomic E-state index is 0.0772. The third kappa shape index (κ3) is 2.93. The van der Waals surface area contributed by atoms with Crippen molar-refractivity contribution in [2.75, 3.05) is 7.05 Å². The lowest BCUT2D eigenvalue weighted by atomic mass is 10.2. The first-order valence-corrected chi connectivity index (χ1v) is 6.87. The van der Waals surface area contributed by atoms with Crippen LogP contribution >= 0.6 is 23.2 Å². The number of rotatable bonds is 4. The number of carbonyl (C=O) groups excluding carboxylic acids is 1. The van der Waals surface area contributed by atoms with Gasteiger partial charge in [0.15, 0.2) is 5.69 Å². The molecule has 0 saturated heterocycles. The second-order valence-electron chi connectivity index (χ2n) is 4.71. The lowest BCUT2D eigenvalue weighted by Crippen LogP contribution is -2.28. The Balaban J connectivity index is 2.26. The molecule has 0 aliphatic carbocycles. The van der Waals surface area contributed by atoms with Gasteiger partial charge >= 0.3 is 5.97 Å². The van der Waals surface area contributed by atoms with Crippen molar-refractivity contribution in [3.8, 4) is 0 Å². The van der Waals surface area contributed by atoms with Gasteiger partial charge in [-0.15, -0.1) is 0 Å². The predicted molar refractivity (Wildman–Crippen MR) is 79.2 cm³/mol. The van der Waals surface area contributed by atoms with E-state index in [9.17, 15) is 9.59 Å². The maximum Gasteiger partial charge on any atom is 0.339 e. The summed E-state index contributed by atoms with van der Waals surface area (Å²) in [5, 5.41) is 17.6. The zero-order valence-electron chi connectivity index (χ0n) is 12.0. The summed E-state index contributed by atoms with van der Waals surface area (Å²) in [5.74, 6) is -1.76. The topological polar surface area (TPSA) is 93.3 Å². The van der Waals surface area contributed by atoms with Gasteiger partial charge in [0.05, 0.1) is 6.54 Å². The van der Waals surface area contributed by atoms with E-state index in [0.29, 0.717) is 5.69 Å². The molecule has 0 aliphatic heterocycles. The fraction of sp³-hybridized carbons (Fsp3) is 0.333. The van der Waals surface area contributed by atoms with Crippen LogP contribution < -0.4 is 0 Å². The van der Waals surface area contributed by atoms with Crippen molar-refractivity contribution in [3.05, 3.63) is 33.3 Å². The van der Waals surface area contributed by atoms with E-state index in [1.807, 2.05) is 0 Å². The number of aromatic carboxylic acids is 1. The van der Waals surface area contributed by atoms with Crippen LogP contribution in [0.1, 0.15) is 26.5 Å². The van der Waals surface area contributed by atoms with Gasteiger partial charge in [-0.2, -0.15) is 10.2 Å². The average molecular weight is 346 g/mol. The summed E-state index contributed by atoms with van der Waals surface area (Å²) < 4.78 is 2.66.